The lowest BCUT2D eigenvalue weighted by Gasteiger charge is -2.28. The number of hydrogen-bond acceptors (Lipinski definition) is 8. The second kappa shape index (κ2) is 42.1. The number of ether oxygens (including phenoxy) is 2. The Morgan fingerprint density at radius 3 is 1.27 bits per heavy atom. The molecule has 0 saturated heterocycles. The molecule has 2 atom stereocenters. The van der Waals surface area contributed by atoms with Crippen LogP contribution < -0.4 is 4.89 Å². The Bertz CT molecular complexity index is 1020. The van der Waals surface area contributed by atoms with Gasteiger partial charge in [0.25, 0.3) is 7.82 Å². The van der Waals surface area contributed by atoms with E-state index in [0.717, 1.165) is 38.5 Å². The fourth-order valence-corrected chi connectivity index (χ4v) is 7.85. The summed E-state index contributed by atoms with van der Waals surface area (Å²) < 4.78 is 34.0. The quantitative estimate of drug-likeness (QED) is 0.0196. The number of nitrogens with zero attached hydrogens (tertiary/aromatic N) is 1. The van der Waals surface area contributed by atoms with Crippen LogP contribution in [0.1, 0.15) is 239 Å². The van der Waals surface area contributed by atoms with E-state index >= 15 is 0 Å². The van der Waals surface area contributed by atoms with Gasteiger partial charge in [0.2, 0.25) is 0 Å². The highest BCUT2D eigenvalue weighted by molar-refractivity contribution is 7.45. The first kappa shape index (κ1) is 57.8. The van der Waals surface area contributed by atoms with Crippen LogP contribution in [-0.4, -0.2) is 70.0 Å². The molecule has 0 heterocycles. The Hall–Kier alpha value is -1.25. The number of rotatable bonds is 46. The third-order valence-corrected chi connectivity index (χ3v) is 12.0. The van der Waals surface area contributed by atoms with Gasteiger partial charge in [-0.3, -0.25) is 14.2 Å². The van der Waals surface area contributed by atoms with Crippen molar-refractivity contribution >= 4 is 19.8 Å². The van der Waals surface area contributed by atoms with Crippen LogP contribution >= 0.6 is 7.82 Å². The molecule has 59 heavy (non-hydrogen) atoms. The summed E-state index contributed by atoms with van der Waals surface area (Å²) >= 11 is 0. The standard InChI is InChI=1S/C49H96NO8P/c1-6-8-10-12-14-16-18-20-22-23-24-25-26-28-30-32-34-36-38-40-42-49(52)58-47(46-57-59(53,54)56-44-43-50(3,4)5)45-55-48(51)41-39-37-35-33-31-29-27-21-19-17-15-13-11-9-7-2/h29,31,47H,6-28,30,32-46H2,1-5H3/b31-29+/t47-/m1/s1. The molecule has 0 aliphatic carbocycles. The number of allylic oxidation sites excluding steroid dienone is 2. The van der Waals surface area contributed by atoms with E-state index in [1.807, 2.05) is 21.1 Å². The topological polar surface area (TPSA) is 111 Å². The van der Waals surface area contributed by atoms with Gasteiger partial charge in [-0.2, -0.15) is 0 Å². The fourth-order valence-electron chi connectivity index (χ4n) is 7.12. The van der Waals surface area contributed by atoms with Crippen molar-refractivity contribution < 1.29 is 42.1 Å². The molecule has 0 aliphatic heterocycles. The molecule has 1 unspecified atom stereocenters. The lowest BCUT2D eigenvalue weighted by Crippen LogP contribution is -2.37. The highest BCUT2D eigenvalue weighted by Gasteiger charge is 2.21. The minimum atomic E-state index is -4.63. The van der Waals surface area contributed by atoms with E-state index in [4.69, 9.17) is 18.5 Å². The van der Waals surface area contributed by atoms with Gasteiger partial charge in [0.1, 0.15) is 19.8 Å². The zero-order chi connectivity index (χ0) is 43.6. The summed E-state index contributed by atoms with van der Waals surface area (Å²) in [4.78, 5) is 37.6. The maximum Gasteiger partial charge on any atom is 0.306 e. The Labute approximate surface area is 365 Å². The average molecular weight is 858 g/mol. The van der Waals surface area contributed by atoms with Gasteiger partial charge >= 0.3 is 11.9 Å². The monoisotopic (exact) mass is 858 g/mol. The Kier molecular flexibility index (Phi) is 41.2. The molecule has 9 nitrogen and oxygen atoms in total. The van der Waals surface area contributed by atoms with Gasteiger partial charge < -0.3 is 27.9 Å². The van der Waals surface area contributed by atoms with Crippen molar-refractivity contribution in [2.24, 2.45) is 0 Å². The molecule has 0 aliphatic rings. The van der Waals surface area contributed by atoms with Crippen molar-refractivity contribution in [3.8, 4) is 0 Å². The number of likely N-dealkylation sites (N-methyl/N-ethyl adjacent to an activating group) is 1. The van der Waals surface area contributed by atoms with E-state index in [-0.39, 0.29) is 26.1 Å². The molecule has 0 saturated carbocycles. The zero-order valence-corrected chi connectivity index (χ0v) is 40.4. The number of hydrogen-bond donors (Lipinski definition) is 0. The van der Waals surface area contributed by atoms with Gasteiger partial charge in [0.15, 0.2) is 6.10 Å². The van der Waals surface area contributed by atoms with Gasteiger partial charge in [-0.25, -0.2) is 0 Å². The first-order valence-electron chi connectivity index (χ1n) is 24.9. The highest BCUT2D eigenvalue weighted by Crippen LogP contribution is 2.38. The second-order valence-corrected chi connectivity index (χ2v) is 19.6. The van der Waals surface area contributed by atoms with Crippen LogP contribution in [0.15, 0.2) is 12.2 Å². The molecule has 0 radical (unpaired) electrons. The normalized spacial score (nSPS) is 13.5. The van der Waals surface area contributed by atoms with Crippen molar-refractivity contribution in [2.75, 3.05) is 47.5 Å². The Morgan fingerprint density at radius 1 is 0.508 bits per heavy atom. The SMILES string of the molecule is CCCCCCCCCC/C=C/CCCCCC(=O)OC[C@H](COP(=O)([O-])OCC[N+](C)(C)C)OC(=O)CCCCCCCCCCCCCCCCCCCCCC. The average Bonchev–Trinajstić information content (AvgIpc) is 3.19. The third-order valence-electron chi connectivity index (χ3n) is 11.0. The minimum Gasteiger partial charge on any atom is -0.756 e. The van der Waals surface area contributed by atoms with Crippen molar-refractivity contribution in [2.45, 2.75) is 245 Å². The first-order valence-corrected chi connectivity index (χ1v) is 26.4. The van der Waals surface area contributed by atoms with Crippen LogP contribution in [-0.2, 0) is 32.7 Å². The lowest BCUT2D eigenvalue weighted by molar-refractivity contribution is -0.870. The third kappa shape index (κ3) is 46.1. The maximum atomic E-state index is 12.7. The van der Waals surface area contributed by atoms with Crippen molar-refractivity contribution in [3.05, 3.63) is 12.2 Å². The van der Waals surface area contributed by atoms with E-state index in [1.54, 1.807) is 0 Å². The molecule has 0 aromatic rings. The maximum absolute atomic E-state index is 12.7. The van der Waals surface area contributed by atoms with Gasteiger partial charge in [0, 0.05) is 12.8 Å². The number of phosphoric ester groups is 1. The first-order chi connectivity index (χ1) is 28.5. The number of phosphoric acid groups is 1. The molecular formula is C49H96NO8P. The van der Waals surface area contributed by atoms with E-state index < -0.39 is 32.5 Å². The molecule has 0 spiro atoms. The summed E-state index contributed by atoms with van der Waals surface area (Å²) in [6, 6.07) is 0. The molecule has 10 heteroatoms. The number of unbranched alkanes of at least 4 members (excludes halogenated alkanes) is 30. The van der Waals surface area contributed by atoms with E-state index in [9.17, 15) is 19.0 Å². The summed E-state index contributed by atoms with van der Waals surface area (Å²) in [7, 11) is 1.17. The molecule has 0 aromatic heterocycles. The molecule has 0 aromatic carbocycles. The van der Waals surface area contributed by atoms with Crippen LogP contribution in [0.2, 0.25) is 0 Å². The van der Waals surface area contributed by atoms with E-state index in [2.05, 4.69) is 26.0 Å². The number of esters is 2. The highest BCUT2D eigenvalue weighted by atomic mass is 31.2. The molecule has 0 bridgehead atoms. The zero-order valence-electron chi connectivity index (χ0n) is 39.5. The fraction of sp³-hybridized carbons (Fsp3) is 0.918. The molecule has 350 valence electrons. The summed E-state index contributed by atoms with van der Waals surface area (Å²) in [5.74, 6) is -0.839. The summed E-state index contributed by atoms with van der Waals surface area (Å²) in [6.07, 6.45) is 45.3. The van der Waals surface area contributed by atoms with Gasteiger partial charge in [0.05, 0.1) is 27.7 Å². The molecule has 0 fully saturated rings. The van der Waals surface area contributed by atoms with Crippen molar-refractivity contribution in [3.63, 3.8) is 0 Å². The van der Waals surface area contributed by atoms with Crippen molar-refractivity contribution in [1.82, 2.24) is 0 Å². The van der Waals surface area contributed by atoms with Gasteiger partial charge in [-0.05, 0) is 38.5 Å². The lowest BCUT2D eigenvalue weighted by atomic mass is 10.0. The van der Waals surface area contributed by atoms with Crippen molar-refractivity contribution in [1.29, 1.82) is 0 Å². The van der Waals surface area contributed by atoms with Crippen LogP contribution in [0, 0.1) is 0 Å². The largest absolute Gasteiger partial charge is 0.756 e. The smallest absolute Gasteiger partial charge is 0.306 e. The van der Waals surface area contributed by atoms with E-state index in [0.29, 0.717) is 23.9 Å². The van der Waals surface area contributed by atoms with Crippen LogP contribution in [0.3, 0.4) is 0 Å². The van der Waals surface area contributed by atoms with E-state index in [1.165, 1.54) is 161 Å². The summed E-state index contributed by atoms with van der Waals surface area (Å²) in [5.41, 5.74) is 0. The van der Waals surface area contributed by atoms with Crippen LogP contribution in [0.5, 0.6) is 0 Å². The summed E-state index contributed by atoms with van der Waals surface area (Å²) in [5, 5.41) is 0. The molecule has 0 amide bonds. The second-order valence-electron chi connectivity index (χ2n) is 18.2. The number of carbonyl (C=O) groups excluding carboxylic acids is 2. The van der Waals surface area contributed by atoms with Gasteiger partial charge in [-0.1, -0.05) is 199 Å². The molecule has 0 N–H and O–H groups in total. The van der Waals surface area contributed by atoms with Gasteiger partial charge in [-0.15, -0.1) is 0 Å². The number of quaternary nitrogens is 1. The Balaban J connectivity index is 4.25. The predicted octanol–water partition coefficient (Wildman–Crippen LogP) is 13.9. The molecule has 0 rings (SSSR count). The predicted molar refractivity (Wildman–Crippen MR) is 245 cm³/mol. The van der Waals surface area contributed by atoms with Crippen LogP contribution in [0.4, 0.5) is 0 Å². The Morgan fingerprint density at radius 2 is 0.864 bits per heavy atom. The summed E-state index contributed by atoms with van der Waals surface area (Å²) in [6.45, 7) is 4.25. The molecular weight excluding hydrogens is 762 g/mol. The van der Waals surface area contributed by atoms with Crippen LogP contribution in [0.25, 0.3) is 0 Å². The number of carbonyl (C=O) groups is 2. The minimum absolute atomic E-state index is 0.0296.